The van der Waals surface area contributed by atoms with Crippen LogP contribution in [0.15, 0.2) is 30.3 Å². The molecule has 0 spiro atoms. The van der Waals surface area contributed by atoms with Crippen LogP contribution >= 0.6 is 0 Å². The quantitative estimate of drug-likeness (QED) is 0.804. The molecular weight excluding hydrogens is 292 g/mol. The summed E-state index contributed by atoms with van der Waals surface area (Å²) < 4.78 is 5.34. The van der Waals surface area contributed by atoms with Gasteiger partial charge in [-0.05, 0) is 37.2 Å². The third-order valence-electron chi connectivity index (χ3n) is 4.39. The number of nitrogens with two attached hydrogens (primary N) is 1. The number of benzene rings is 1. The van der Waals surface area contributed by atoms with Crippen LogP contribution in [0, 0.1) is 5.92 Å². The van der Waals surface area contributed by atoms with Crippen molar-refractivity contribution in [2.24, 2.45) is 11.7 Å². The molecule has 0 saturated carbocycles. The van der Waals surface area contributed by atoms with Crippen molar-refractivity contribution >= 4 is 11.8 Å². The van der Waals surface area contributed by atoms with Gasteiger partial charge in [0.1, 0.15) is 5.54 Å². The predicted molar refractivity (Wildman–Crippen MR) is 88.7 cm³/mol. The van der Waals surface area contributed by atoms with E-state index in [4.69, 9.17) is 10.5 Å². The number of ether oxygens (including phenoxy) is 1. The van der Waals surface area contributed by atoms with Crippen molar-refractivity contribution in [2.75, 3.05) is 13.2 Å². The molecule has 1 saturated heterocycles. The number of hydrogen-bond donors (Lipinski definition) is 2. The standard InChI is InChI=1S/C18H26N2O3/c1-14(8-9-15-6-3-2-4-7-15)12-16(21)20-18(17(19)22)10-5-11-23-13-18/h2-4,6-7,14H,5,8-13H2,1H3,(H2,19,22)(H,20,21). The van der Waals surface area contributed by atoms with Crippen LogP contribution in [0.4, 0.5) is 0 Å². The van der Waals surface area contributed by atoms with Crippen LogP contribution in [0.25, 0.3) is 0 Å². The highest BCUT2D eigenvalue weighted by Crippen LogP contribution is 2.20. The van der Waals surface area contributed by atoms with E-state index in [0.717, 1.165) is 19.3 Å². The van der Waals surface area contributed by atoms with Crippen LogP contribution in [0.5, 0.6) is 0 Å². The molecule has 2 amide bonds. The molecule has 0 bridgehead atoms. The Bertz CT molecular complexity index is 524. The highest BCUT2D eigenvalue weighted by Gasteiger charge is 2.40. The Morgan fingerprint density at radius 1 is 1.35 bits per heavy atom. The van der Waals surface area contributed by atoms with Gasteiger partial charge in [-0.25, -0.2) is 0 Å². The molecule has 1 aliphatic heterocycles. The highest BCUT2D eigenvalue weighted by atomic mass is 16.5. The Balaban J connectivity index is 1.82. The number of carbonyl (C=O) groups is 2. The minimum absolute atomic E-state index is 0.130. The highest BCUT2D eigenvalue weighted by molar-refractivity contribution is 5.90. The average Bonchev–Trinajstić information content (AvgIpc) is 2.54. The molecule has 126 valence electrons. The summed E-state index contributed by atoms with van der Waals surface area (Å²) in [4.78, 5) is 24.0. The molecular formula is C18H26N2O3. The third kappa shape index (κ3) is 5.06. The lowest BCUT2D eigenvalue weighted by Gasteiger charge is -2.35. The molecule has 5 nitrogen and oxygen atoms in total. The molecule has 2 atom stereocenters. The Morgan fingerprint density at radius 2 is 2.09 bits per heavy atom. The third-order valence-corrected chi connectivity index (χ3v) is 4.39. The largest absolute Gasteiger partial charge is 0.378 e. The summed E-state index contributed by atoms with van der Waals surface area (Å²) in [6.45, 7) is 2.83. The lowest BCUT2D eigenvalue weighted by atomic mass is 9.90. The average molecular weight is 318 g/mol. The molecule has 23 heavy (non-hydrogen) atoms. The molecule has 1 heterocycles. The molecule has 3 N–H and O–H groups in total. The molecule has 0 aromatic heterocycles. The van der Waals surface area contributed by atoms with Gasteiger partial charge in [-0.2, -0.15) is 0 Å². The van der Waals surface area contributed by atoms with E-state index in [1.165, 1.54) is 5.56 Å². The molecule has 1 aliphatic rings. The smallest absolute Gasteiger partial charge is 0.245 e. The van der Waals surface area contributed by atoms with Gasteiger partial charge < -0.3 is 15.8 Å². The lowest BCUT2D eigenvalue weighted by Crippen LogP contribution is -2.62. The van der Waals surface area contributed by atoms with Gasteiger partial charge in [0.2, 0.25) is 11.8 Å². The molecule has 2 rings (SSSR count). The first kappa shape index (κ1) is 17.5. The monoisotopic (exact) mass is 318 g/mol. The number of rotatable bonds is 7. The van der Waals surface area contributed by atoms with Crippen LogP contribution in [-0.4, -0.2) is 30.6 Å². The van der Waals surface area contributed by atoms with Gasteiger partial charge in [0.15, 0.2) is 0 Å². The summed E-state index contributed by atoms with van der Waals surface area (Å²) in [7, 11) is 0. The maximum Gasteiger partial charge on any atom is 0.245 e. The van der Waals surface area contributed by atoms with Gasteiger partial charge in [-0.3, -0.25) is 9.59 Å². The van der Waals surface area contributed by atoms with E-state index >= 15 is 0 Å². The second kappa shape index (κ2) is 8.11. The van der Waals surface area contributed by atoms with Gasteiger partial charge in [-0.15, -0.1) is 0 Å². The van der Waals surface area contributed by atoms with Crippen LogP contribution in [-0.2, 0) is 20.7 Å². The maximum absolute atomic E-state index is 12.3. The fraction of sp³-hybridized carbons (Fsp3) is 0.556. The second-order valence-electron chi connectivity index (χ2n) is 6.48. The first-order valence-corrected chi connectivity index (χ1v) is 8.24. The summed E-state index contributed by atoms with van der Waals surface area (Å²) in [6.07, 6.45) is 3.54. The lowest BCUT2D eigenvalue weighted by molar-refractivity contribution is -0.137. The second-order valence-corrected chi connectivity index (χ2v) is 6.48. The summed E-state index contributed by atoms with van der Waals surface area (Å²) in [5.41, 5.74) is 5.72. The molecule has 5 heteroatoms. The molecule has 0 radical (unpaired) electrons. The van der Waals surface area contributed by atoms with Gasteiger partial charge in [0.25, 0.3) is 0 Å². The number of primary amides is 1. The van der Waals surface area contributed by atoms with E-state index < -0.39 is 11.4 Å². The zero-order chi connectivity index (χ0) is 16.7. The van der Waals surface area contributed by atoms with Crippen molar-refractivity contribution in [2.45, 2.75) is 44.6 Å². The minimum atomic E-state index is -1.03. The van der Waals surface area contributed by atoms with E-state index in [0.29, 0.717) is 19.4 Å². The van der Waals surface area contributed by atoms with E-state index in [1.54, 1.807) is 0 Å². The SMILES string of the molecule is CC(CCc1ccccc1)CC(=O)NC1(C(N)=O)CCCOC1. The van der Waals surface area contributed by atoms with E-state index in [-0.39, 0.29) is 18.4 Å². The van der Waals surface area contributed by atoms with E-state index in [1.807, 2.05) is 18.2 Å². The van der Waals surface area contributed by atoms with Gasteiger partial charge in [0, 0.05) is 13.0 Å². The number of carbonyl (C=O) groups excluding carboxylic acids is 2. The summed E-state index contributed by atoms with van der Waals surface area (Å²) in [5.74, 6) is -0.401. The van der Waals surface area contributed by atoms with E-state index in [9.17, 15) is 9.59 Å². The molecule has 0 aliphatic carbocycles. The van der Waals surface area contributed by atoms with Gasteiger partial charge >= 0.3 is 0 Å². The van der Waals surface area contributed by atoms with Crippen molar-refractivity contribution in [1.29, 1.82) is 0 Å². The number of hydrogen-bond acceptors (Lipinski definition) is 3. The summed E-state index contributed by atoms with van der Waals surface area (Å²) >= 11 is 0. The van der Waals surface area contributed by atoms with Crippen LogP contribution < -0.4 is 11.1 Å². The fourth-order valence-corrected chi connectivity index (χ4v) is 2.94. The van der Waals surface area contributed by atoms with E-state index in [2.05, 4.69) is 24.4 Å². The number of amides is 2. The molecule has 1 aromatic carbocycles. The number of nitrogens with one attached hydrogen (secondary N) is 1. The zero-order valence-corrected chi connectivity index (χ0v) is 13.7. The summed E-state index contributed by atoms with van der Waals surface area (Å²) in [6, 6.07) is 10.2. The van der Waals surface area contributed by atoms with Crippen LogP contribution in [0.2, 0.25) is 0 Å². The Kier molecular flexibility index (Phi) is 6.16. The predicted octanol–water partition coefficient (Wildman–Crippen LogP) is 1.80. The topological polar surface area (TPSA) is 81.4 Å². The molecule has 2 unspecified atom stereocenters. The normalized spacial score (nSPS) is 22.3. The van der Waals surface area contributed by atoms with Crippen molar-refractivity contribution in [3.05, 3.63) is 35.9 Å². The van der Waals surface area contributed by atoms with Crippen molar-refractivity contribution < 1.29 is 14.3 Å². The van der Waals surface area contributed by atoms with Crippen LogP contribution in [0.3, 0.4) is 0 Å². The van der Waals surface area contributed by atoms with Crippen LogP contribution in [0.1, 0.15) is 38.2 Å². The Labute approximate surface area is 137 Å². The molecule has 1 fully saturated rings. The van der Waals surface area contributed by atoms with Crippen molar-refractivity contribution in [1.82, 2.24) is 5.32 Å². The number of aryl methyl sites for hydroxylation is 1. The minimum Gasteiger partial charge on any atom is -0.378 e. The summed E-state index contributed by atoms with van der Waals surface area (Å²) in [5, 5.41) is 2.82. The van der Waals surface area contributed by atoms with Gasteiger partial charge in [-0.1, -0.05) is 37.3 Å². The first-order valence-electron chi connectivity index (χ1n) is 8.24. The maximum atomic E-state index is 12.3. The zero-order valence-electron chi connectivity index (χ0n) is 13.7. The Morgan fingerprint density at radius 3 is 2.70 bits per heavy atom. The Hall–Kier alpha value is -1.88. The molecule has 1 aromatic rings. The van der Waals surface area contributed by atoms with Gasteiger partial charge in [0.05, 0.1) is 6.61 Å². The fourth-order valence-electron chi connectivity index (χ4n) is 2.94. The first-order chi connectivity index (χ1) is 11.0. The van der Waals surface area contributed by atoms with Crippen molar-refractivity contribution in [3.8, 4) is 0 Å². The van der Waals surface area contributed by atoms with Crippen molar-refractivity contribution in [3.63, 3.8) is 0 Å².